The Balaban J connectivity index is 1.99. The number of amides is 1. The van der Waals surface area contributed by atoms with Gasteiger partial charge in [0.25, 0.3) is 0 Å². The molecule has 1 aliphatic heterocycles. The number of aliphatic hydroxyl groups excluding tert-OH is 1. The van der Waals surface area contributed by atoms with E-state index in [1.807, 2.05) is 6.92 Å². The van der Waals surface area contributed by atoms with E-state index in [9.17, 15) is 9.90 Å². The molecule has 100 valence electrons. The summed E-state index contributed by atoms with van der Waals surface area (Å²) in [6, 6.07) is 0. The molecule has 1 heterocycles. The van der Waals surface area contributed by atoms with Crippen LogP contribution in [-0.2, 0) is 4.79 Å². The Morgan fingerprint density at radius 3 is 2.76 bits per heavy atom. The zero-order valence-electron chi connectivity index (χ0n) is 10.7. The molecule has 1 atom stereocenters. The molecule has 0 spiro atoms. The second-order valence-electron chi connectivity index (χ2n) is 4.64. The van der Waals surface area contributed by atoms with E-state index in [4.69, 9.17) is 0 Å². The minimum absolute atomic E-state index is 0.000206. The van der Waals surface area contributed by atoms with Crippen LogP contribution in [0.5, 0.6) is 0 Å². The molecule has 0 bridgehead atoms. The molecule has 5 heteroatoms. The van der Waals surface area contributed by atoms with Gasteiger partial charge in [0.1, 0.15) is 0 Å². The van der Waals surface area contributed by atoms with E-state index in [2.05, 4.69) is 15.5 Å². The number of likely N-dealkylation sites (tertiary alicyclic amines) is 1. The lowest BCUT2D eigenvalue weighted by atomic mass is 10.3. The van der Waals surface area contributed by atoms with E-state index >= 15 is 0 Å². The van der Waals surface area contributed by atoms with Crippen molar-refractivity contribution in [3.8, 4) is 0 Å². The van der Waals surface area contributed by atoms with Crippen LogP contribution in [0.2, 0.25) is 0 Å². The lowest BCUT2D eigenvalue weighted by molar-refractivity contribution is -0.120. The molecule has 0 aromatic rings. The van der Waals surface area contributed by atoms with Crippen molar-refractivity contribution in [2.24, 2.45) is 0 Å². The largest absolute Gasteiger partial charge is 0.390 e. The fraction of sp³-hybridized carbons (Fsp3) is 0.917. The monoisotopic (exact) mass is 243 g/mol. The van der Waals surface area contributed by atoms with Crippen molar-refractivity contribution in [2.75, 3.05) is 39.3 Å². The van der Waals surface area contributed by atoms with Crippen LogP contribution in [0, 0.1) is 0 Å². The minimum Gasteiger partial charge on any atom is -0.390 e. The standard InChI is InChI=1S/C12H25N3O2/c1-2-5-14-12(17)9-13-8-11(16)10-15-6-3-4-7-15/h11,13,16H,2-10H2,1H3,(H,14,17). The molecule has 0 aromatic carbocycles. The van der Waals surface area contributed by atoms with E-state index in [1.165, 1.54) is 12.8 Å². The fourth-order valence-corrected chi connectivity index (χ4v) is 2.01. The lowest BCUT2D eigenvalue weighted by Crippen LogP contribution is -2.41. The van der Waals surface area contributed by atoms with E-state index in [1.54, 1.807) is 0 Å². The van der Waals surface area contributed by atoms with Crippen molar-refractivity contribution >= 4 is 5.91 Å². The highest BCUT2D eigenvalue weighted by molar-refractivity contribution is 5.77. The van der Waals surface area contributed by atoms with Gasteiger partial charge in [-0.3, -0.25) is 4.79 Å². The normalized spacial score (nSPS) is 18.2. The van der Waals surface area contributed by atoms with Gasteiger partial charge >= 0.3 is 0 Å². The Bertz CT molecular complexity index is 218. The Morgan fingerprint density at radius 1 is 1.41 bits per heavy atom. The topological polar surface area (TPSA) is 64.6 Å². The van der Waals surface area contributed by atoms with Crippen molar-refractivity contribution in [1.29, 1.82) is 0 Å². The first kappa shape index (κ1) is 14.4. The third-order valence-electron chi connectivity index (χ3n) is 2.91. The van der Waals surface area contributed by atoms with Crippen LogP contribution < -0.4 is 10.6 Å². The van der Waals surface area contributed by atoms with Crippen molar-refractivity contribution < 1.29 is 9.90 Å². The summed E-state index contributed by atoms with van der Waals surface area (Å²) in [4.78, 5) is 13.5. The fourth-order valence-electron chi connectivity index (χ4n) is 2.01. The van der Waals surface area contributed by atoms with Gasteiger partial charge in [-0.05, 0) is 32.4 Å². The van der Waals surface area contributed by atoms with Gasteiger partial charge < -0.3 is 20.6 Å². The van der Waals surface area contributed by atoms with E-state index in [0.717, 1.165) is 26.1 Å². The molecular formula is C12H25N3O2. The molecule has 5 nitrogen and oxygen atoms in total. The highest BCUT2D eigenvalue weighted by Crippen LogP contribution is 2.07. The van der Waals surface area contributed by atoms with Gasteiger partial charge in [-0.2, -0.15) is 0 Å². The molecule has 0 radical (unpaired) electrons. The van der Waals surface area contributed by atoms with Gasteiger partial charge in [0.2, 0.25) is 5.91 Å². The van der Waals surface area contributed by atoms with Crippen molar-refractivity contribution in [3.05, 3.63) is 0 Å². The molecular weight excluding hydrogens is 218 g/mol. The van der Waals surface area contributed by atoms with E-state index < -0.39 is 0 Å². The minimum atomic E-state index is -0.382. The van der Waals surface area contributed by atoms with Crippen molar-refractivity contribution in [3.63, 3.8) is 0 Å². The number of nitrogens with one attached hydrogen (secondary N) is 2. The molecule has 0 aromatic heterocycles. The Hall–Kier alpha value is -0.650. The number of carbonyl (C=O) groups is 1. The molecule has 1 fully saturated rings. The molecule has 0 saturated carbocycles. The summed E-state index contributed by atoms with van der Waals surface area (Å²) >= 11 is 0. The van der Waals surface area contributed by atoms with Crippen LogP contribution in [0.4, 0.5) is 0 Å². The molecule has 1 saturated heterocycles. The number of hydrogen-bond donors (Lipinski definition) is 3. The lowest BCUT2D eigenvalue weighted by Gasteiger charge is -2.19. The highest BCUT2D eigenvalue weighted by Gasteiger charge is 2.15. The predicted octanol–water partition coefficient (Wildman–Crippen LogP) is -0.441. The Morgan fingerprint density at radius 2 is 2.12 bits per heavy atom. The Labute approximate surface area is 104 Å². The molecule has 1 unspecified atom stereocenters. The van der Waals surface area contributed by atoms with Crippen molar-refractivity contribution in [1.82, 2.24) is 15.5 Å². The quantitative estimate of drug-likeness (QED) is 0.541. The van der Waals surface area contributed by atoms with Crippen LogP contribution >= 0.6 is 0 Å². The third kappa shape index (κ3) is 6.61. The maximum Gasteiger partial charge on any atom is 0.233 e. The zero-order valence-corrected chi connectivity index (χ0v) is 10.7. The van der Waals surface area contributed by atoms with Gasteiger partial charge in [0, 0.05) is 19.6 Å². The summed E-state index contributed by atoms with van der Waals surface area (Å²) in [5, 5.41) is 15.5. The summed E-state index contributed by atoms with van der Waals surface area (Å²) in [7, 11) is 0. The summed E-state index contributed by atoms with van der Waals surface area (Å²) in [6.07, 6.45) is 3.04. The zero-order chi connectivity index (χ0) is 12.5. The first-order chi connectivity index (χ1) is 8.22. The van der Waals surface area contributed by atoms with Crippen LogP contribution in [0.25, 0.3) is 0 Å². The smallest absolute Gasteiger partial charge is 0.233 e. The van der Waals surface area contributed by atoms with E-state index in [0.29, 0.717) is 13.1 Å². The van der Waals surface area contributed by atoms with Gasteiger partial charge in [0.05, 0.1) is 12.6 Å². The van der Waals surface area contributed by atoms with Gasteiger partial charge in [0.15, 0.2) is 0 Å². The van der Waals surface area contributed by atoms with E-state index in [-0.39, 0.29) is 18.6 Å². The second kappa shape index (κ2) is 8.44. The number of rotatable bonds is 8. The maximum atomic E-state index is 11.3. The Kier molecular flexibility index (Phi) is 7.16. The summed E-state index contributed by atoms with van der Waals surface area (Å²) in [6.45, 7) is 6.41. The second-order valence-corrected chi connectivity index (χ2v) is 4.64. The first-order valence-electron chi connectivity index (χ1n) is 6.60. The number of hydrogen-bond acceptors (Lipinski definition) is 4. The van der Waals surface area contributed by atoms with Crippen LogP contribution in [-0.4, -0.2) is 61.3 Å². The first-order valence-corrected chi connectivity index (χ1v) is 6.60. The highest BCUT2D eigenvalue weighted by atomic mass is 16.3. The SMILES string of the molecule is CCCNC(=O)CNCC(O)CN1CCCC1. The van der Waals surface area contributed by atoms with Gasteiger partial charge in [-0.15, -0.1) is 0 Å². The molecule has 1 rings (SSSR count). The molecule has 1 aliphatic rings. The third-order valence-corrected chi connectivity index (χ3v) is 2.91. The van der Waals surface area contributed by atoms with Crippen LogP contribution in [0.1, 0.15) is 26.2 Å². The summed E-state index contributed by atoms with van der Waals surface area (Å²) in [5.41, 5.74) is 0. The average molecular weight is 243 g/mol. The number of aliphatic hydroxyl groups is 1. The number of carbonyl (C=O) groups excluding carboxylic acids is 1. The van der Waals surface area contributed by atoms with Gasteiger partial charge in [-0.1, -0.05) is 6.92 Å². The molecule has 1 amide bonds. The molecule has 0 aliphatic carbocycles. The average Bonchev–Trinajstić information content (AvgIpc) is 2.79. The molecule has 17 heavy (non-hydrogen) atoms. The summed E-state index contributed by atoms with van der Waals surface area (Å²) in [5.74, 6) is 0.000206. The maximum absolute atomic E-state index is 11.3. The van der Waals surface area contributed by atoms with Crippen molar-refractivity contribution in [2.45, 2.75) is 32.3 Å². The van der Waals surface area contributed by atoms with Crippen LogP contribution in [0.3, 0.4) is 0 Å². The van der Waals surface area contributed by atoms with Crippen LogP contribution in [0.15, 0.2) is 0 Å². The molecule has 3 N–H and O–H groups in total. The number of nitrogens with zero attached hydrogens (tertiary/aromatic N) is 1. The summed E-state index contributed by atoms with van der Waals surface area (Å²) < 4.78 is 0. The predicted molar refractivity (Wildman–Crippen MR) is 67.9 cm³/mol. The van der Waals surface area contributed by atoms with Gasteiger partial charge in [-0.25, -0.2) is 0 Å². The number of β-amino-alcohol motifs (C(OH)–C–C–N with tert-alkyl or cyclic N) is 1.